The number of unbranched alkanes of at least 4 members (excludes halogenated alkanes) is 1. The number of hydrogen-bond donors (Lipinski definition) is 0. The summed E-state index contributed by atoms with van der Waals surface area (Å²) < 4.78 is 4.04. The Morgan fingerprint density at radius 1 is 1.16 bits per heavy atom. The Morgan fingerprint density at radius 3 is 2.79 bits per heavy atom. The molecular weight excluding hydrogens is 270 g/mol. The first-order chi connectivity index (χ1) is 9.35. The summed E-state index contributed by atoms with van der Waals surface area (Å²) in [6.45, 7) is 5.81. The number of nitrogens with zero attached hydrogens (tertiary/aromatic N) is 1. The molecule has 0 bridgehead atoms. The second-order valence-electron chi connectivity index (χ2n) is 5.30. The van der Waals surface area contributed by atoms with Gasteiger partial charge in [0.2, 0.25) is 0 Å². The zero-order valence-electron chi connectivity index (χ0n) is 11.7. The van der Waals surface area contributed by atoms with Crippen molar-refractivity contribution in [2.45, 2.75) is 46.1 Å². The zero-order chi connectivity index (χ0) is 13.2. The van der Waals surface area contributed by atoms with Crippen molar-refractivity contribution >= 4 is 43.1 Å². The molecule has 1 atom stereocenters. The highest BCUT2D eigenvalue weighted by Crippen LogP contribution is 2.37. The quantitative estimate of drug-likeness (QED) is 0.514. The van der Waals surface area contributed by atoms with Gasteiger partial charge in [-0.1, -0.05) is 33.1 Å². The van der Waals surface area contributed by atoms with E-state index in [1.54, 1.807) is 0 Å². The number of aromatic nitrogens is 1. The second-order valence-corrected chi connectivity index (χ2v) is 7.11. The highest BCUT2D eigenvalue weighted by atomic mass is 32.1. The molecule has 0 spiro atoms. The summed E-state index contributed by atoms with van der Waals surface area (Å²) in [5.41, 5.74) is 1.45. The van der Waals surface area contributed by atoms with Crippen LogP contribution in [0.1, 0.15) is 39.5 Å². The largest absolute Gasteiger partial charge is 0.331 e. The molecule has 3 heterocycles. The van der Waals surface area contributed by atoms with Crippen LogP contribution in [0.2, 0.25) is 0 Å². The Kier molecular flexibility index (Phi) is 3.94. The maximum absolute atomic E-state index is 2.57. The summed E-state index contributed by atoms with van der Waals surface area (Å²) in [5.74, 6) is 0.820. The van der Waals surface area contributed by atoms with Gasteiger partial charge < -0.3 is 4.57 Å². The van der Waals surface area contributed by atoms with Gasteiger partial charge in [-0.2, -0.15) is 0 Å². The summed E-state index contributed by atoms with van der Waals surface area (Å²) >= 11 is 3.77. The van der Waals surface area contributed by atoms with Crippen molar-refractivity contribution in [1.82, 2.24) is 4.57 Å². The minimum absolute atomic E-state index is 0.820. The third-order valence-corrected chi connectivity index (χ3v) is 5.93. The second kappa shape index (κ2) is 5.68. The van der Waals surface area contributed by atoms with Crippen LogP contribution < -0.4 is 0 Å². The lowest BCUT2D eigenvalue weighted by Gasteiger charge is -2.16. The Labute approximate surface area is 122 Å². The van der Waals surface area contributed by atoms with Gasteiger partial charge in [0.1, 0.15) is 4.83 Å². The van der Waals surface area contributed by atoms with Crippen LogP contribution in [0.5, 0.6) is 0 Å². The molecule has 0 radical (unpaired) electrons. The first kappa shape index (κ1) is 13.2. The normalized spacial score (nSPS) is 13.6. The molecule has 3 aromatic heterocycles. The third kappa shape index (κ3) is 2.34. The summed E-state index contributed by atoms with van der Waals surface area (Å²) in [7, 11) is 0. The van der Waals surface area contributed by atoms with Gasteiger partial charge in [0.15, 0.2) is 0 Å². The van der Waals surface area contributed by atoms with Crippen LogP contribution in [0, 0.1) is 5.92 Å². The molecule has 19 heavy (non-hydrogen) atoms. The molecule has 0 saturated carbocycles. The van der Waals surface area contributed by atoms with Gasteiger partial charge in [-0.05, 0) is 35.2 Å². The van der Waals surface area contributed by atoms with Gasteiger partial charge in [0.25, 0.3) is 0 Å². The molecule has 3 heteroatoms. The van der Waals surface area contributed by atoms with Gasteiger partial charge in [0, 0.05) is 11.9 Å². The van der Waals surface area contributed by atoms with Gasteiger partial charge in [-0.15, -0.1) is 22.7 Å². The van der Waals surface area contributed by atoms with Gasteiger partial charge >= 0.3 is 0 Å². The SMILES string of the molecule is CCCCC(CC)Cn1c2ccsc2c2ccsc21. The van der Waals surface area contributed by atoms with E-state index in [2.05, 4.69) is 41.3 Å². The van der Waals surface area contributed by atoms with E-state index in [-0.39, 0.29) is 0 Å². The lowest BCUT2D eigenvalue weighted by atomic mass is 9.99. The van der Waals surface area contributed by atoms with Crippen molar-refractivity contribution in [3.05, 3.63) is 22.9 Å². The Bertz CT molecular complexity index is 611. The minimum Gasteiger partial charge on any atom is -0.331 e. The van der Waals surface area contributed by atoms with Gasteiger partial charge in [0.05, 0.1) is 10.2 Å². The predicted molar refractivity (Wildman–Crippen MR) is 88.5 cm³/mol. The average Bonchev–Trinajstić information content (AvgIpc) is 3.10. The molecule has 0 N–H and O–H groups in total. The Balaban J connectivity index is 1.96. The van der Waals surface area contributed by atoms with Crippen LogP contribution in [0.4, 0.5) is 0 Å². The molecule has 0 aliphatic rings. The van der Waals surface area contributed by atoms with Crippen molar-refractivity contribution in [2.24, 2.45) is 5.92 Å². The maximum atomic E-state index is 2.57. The van der Waals surface area contributed by atoms with Gasteiger partial charge in [-0.3, -0.25) is 0 Å². The molecule has 3 rings (SSSR count). The molecule has 0 aliphatic carbocycles. The number of thiophene rings is 2. The Morgan fingerprint density at radius 2 is 2.00 bits per heavy atom. The van der Waals surface area contributed by atoms with E-state index in [0.29, 0.717) is 0 Å². The third-order valence-electron chi connectivity index (χ3n) is 4.05. The molecule has 1 nitrogen and oxygen atoms in total. The maximum Gasteiger partial charge on any atom is 0.104 e. The van der Waals surface area contributed by atoms with E-state index in [9.17, 15) is 0 Å². The number of rotatable bonds is 6. The van der Waals surface area contributed by atoms with E-state index in [1.165, 1.54) is 52.7 Å². The smallest absolute Gasteiger partial charge is 0.104 e. The standard InChI is InChI=1S/C16H21NS2/c1-3-5-6-12(4-2)11-17-14-8-10-18-15(14)13-7-9-19-16(13)17/h7-10,12H,3-6,11H2,1-2H3. The first-order valence-corrected chi connectivity index (χ1v) is 9.04. The van der Waals surface area contributed by atoms with E-state index < -0.39 is 0 Å². The highest BCUT2D eigenvalue weighted by Gasteiger charge is 2.15. The van der Waals surface area contributed by atoms with E-state index in [0.717, 1.165) is 5.92 Å². The fourth-order valence-electron chi connectivity index (χ4n) is 2.87. The number of hydrogen-bond acceptors (Lipinski definition) is 2. The molecule has 3 aromatic rings. The van der Waals surface area contributed by atoms with E-state index >= 15 is 0 Å². The average molecular weight is 291 g/mol. The lowest BCUT2D eigenvalue weighted by molar-refractivity contribution is 0.401. The fourth-order valence-corrected chi connectivity index (χ4v) is 4.78. The molecule has 0 aliphatic heterocycles. The summed E-state index contributed by atoms with van der Waals surface area (Å²) in [6, 6.07) is 4.57. The molecule has 0 fully saturated rings. The van der Waals surface area contributed by atoms with Crippen LogP contribution in [-0.2, 0) is 6.54 Å². The molecule has 0 aromatic carbocycles. The lowest BCUT2D eigenvalue weighted by Crippen LogP contribution is -2.09. The summed E-state index contributed by atoms with van der Waals surface area (Å²) in [6.07, 6.45) is 5.32. The van der Waals surface area contributed by atoms with Crippen molar-refractivity contribution < 1.29 is 0 Å². The first-order valence-electron chi connectivity index (χ1n) is 7.28. The predicted octanol–water partition coefficient (Wildman–Crippen LogP) is 6.13. The van der Waals surface area contributed by atoms with Crippen molar-refractivity contribution in [3.8, 4) is 0 Å². The van der Waals surface area contributed by atoms with Crippen LogP contribution in [0.3, 0.4) is 0 Å². The monoisotopic (exact) mass is 291 g/mol. The van der Waals surface area contributed by atoms with E-state index in [4.69, 9.17) is 0 Å². The van der Waals surface area contributed by atoms with E-state index in [1.807, 2.05) is 22.7 Å². The Hall–Kier alpha value is -0.800. The van der Waals surface area contributed by atoms with Crippen molar-refractivity contribution in [2.75, 3.05) is 0 Å². The zero-order valence-corrected chi connectivity index (χ0v) is 13.3. The van der Waals surface area contributed by atoms with Crippen LogP contribution >= 0.6 is 22.7 Å². The van der Waals surface area contributed by atoms with Crippen LogP contribution in [0.15, 0.2) is 22.9 Å². The van der Waals surface area contributed by atoms with Crippen LogP contribution in [-0.4, -0.2) is 4.57 Å². The summed E-state index contributed by atoms with van der Waals surface area (Å²) in [5, 5.41) is 5.92. The highest BCUT2D eigenvalue weighted by molar-refractivity contribution is 7.21. The van der Waals surface area contributed by atoms with Crippen molar-refractivity contribution in [3.63, 3.8) is 0 Å². The fraction of sp³-hybridized carbons (Fsp3) is 0.500. The molecule has 1 unspecified atom stereocenters. The van der Waals surface area contributed by atoms with Gasteiger partial charge in [-0.25, -0.2) is 0 Å². The van der Waals surface area contributed by atoms with Crippen molar-refractivity contribution in [1.29, 1.82) is 0 Å². The summed E-state index contributed by atoms with van der Waals surface area (Å²) in [4.78, 5) is 1.47. The molecular formula is C16H21NS2. The van der Waals surface area contributed by atoms with Crippen LogP contribution in [0.25, 0.3) is 20.4 Å². The molecule has 0 saturated heterocycles. The number of fused-ring (bicyclic) bond motifs is 3. The topological polar surface area (TPSA) is 4.93 Å². The molecule has 102 valence electrons. The minimum atomic E-state index is 0.820. The molecule has 0 amide bonds.